The fraction of sp³-hybridized carbons (Fsp3) is 0.400. The van der Waals surface area contributed by atoms with Crippen LogP contribution in [0.1, 0.15) is 5.69 Å². The van der Waals surface area contributed by atoms with Gasteiger partial charge < -0.3 is 0 Å². The third kappa shape index (κ3) is 2.92. The standard InChI is InChI=1S/C5H4F3N3/c6-5(7,8)1-4-2-10-11-3-9-4/h2-3H,1H2. The Labute approximate surface area is 60.3 Å². The van der Waals surface area contributed by atoms with Gasteiger partial charge in [0.25, 0.3) is 0 Å². The van der Waals surface area contributed by atoms with Crippen LogP contribution in [-0.2, 0) is 6.42 Å². The number of hydrogen-bond acceptors (Lipinski definition) is 3. The summed E-state index contributed by atoms with van der Waals surface area (Å²) < 4.78 is 35.0. The monoisotopic (exact) mass is 163 g/mol. The van der Waals surface area contributed by atoms with E-state index in [1.807, 2.05) is 0 Å². The van der Waals surface area contributed by atoms with Crippen LogP contribution in [0.15, 0.2) is 12.5 Å². The lowest BCUT2D eigenvalue weighted by Crippen LogP contribution is -2.12. The van der Waals surface area contributed by atoms with Crippen molar-refractivity contribution in [3.63, 3.8) is 0 Å². The average molecular weight is 163 g/mol. The molecule has 0 atom stereocenters. The minimum Gasteiger partial charge on any atom is -0.237 e. The van der Waals surface area contributed by atoms with Crippen LogP contribution >= 0.6 is 0 Å². The lowest BCUT2D eigenvalue weighted by Gasteiger charge is -2.02. The molecular formula is C5H4F3N3. The van der Waals surface area contributed by atoms with Gasteiger partial charge in [0.1, 0.15) is 6.33 Å². The van der Waals surface area contributed by atoms with Crippen molar-refractivity contribution >= 4 is 0 Å². The molecule has 0 fully saturated rings. The molecule has 3 nitrogen and oxygen atoms in total. The Hall–Kier alpha value is -1.20. The number of halogens is 3. The highest BCUT2D eigenvalue weighted by molar-refractivity contribution is 4.93. The van der Waals surface area contributed by atoms with E-state index in [-0.39, 0.29) is 5.69 Å². The van der Waals surface area contributed by atoms with Gasteiger partial charge in [-0.3, -0.25) is 0 Å². The fourth-order valence-corrected chi connectivity index (χ4v) is 0.560. The second-order valence-corrected chi connectivity index (χ2v) is 1.89. The summed E-state index contributed by atoms with van der Waals surface area (Å²) in [5, 5.41) is 6.50. The Morgan fingerprint density at radius 3 is 2.45 bits per heavy atom. The van der Waals surface area contributed by atoms with Gasteiger partial charge in [0, 0.05) is 0 Å². The SMILES string of the molecule is FC(F)(F)Cc1cnncn1. The van der Waals surface area contributed by atoms with Crippen LogP contribution < -0.4 is 0 Å². The third-order valence-electron chi connectivity index (χ3n) is 0.930. The lowest BCUT2D eigenvalue weighted by atomic mass is 10.3. The molecule has 0 amide bonds. The van der Waals surface area contributed by atoms with Crippen molar-refractivity contribution < 1.29 is 13.2 Å². The molecule has 0 saturated heterocycles. The van der Waals surface area contributed by atoms with Gasteiger partial charge in [-0.05, 0) is 0 Å². The summed E-state index contributed by atoms with van der Waals surface area (Å²) in [6.45, 7) is 0. The predicted molar refractivity (Wildman–Crippen MR) is 29.6 cm³/mol. The van der Waals surface area contributed by atoms with Gasteiger partial charge in [0.05, 0.1) is 18.3 Å². The highest BCUT2D eigenvalue weighted by Gasteiger charge is 2.28. The first kappa shape index (κ1) is 7.90. The Balaban J connectivity index is 2.66. The summed E-state index contributed by atoms with van der Waals surface area (Å²) in [7, 11) is 0. The first-order valence-electron chi connectivity index (χ1n) is 2.76. The minimum atomic E-state index is -4.23. The van der Waals surface area contributed by atoms with Crippen molar-refractivity contribution in [1.29, 1.82) is 0 Å². The Morgan fingerprint density at radius 2 is 2.00 bits per heavy atom. The van der Waals surface area contributed by atoms with E-state index in [9.17, 15) is 13.2 Å². The van der Waals surface area contributed by atoms with Crippen molar-refractivity contribution in [2.24, 2.45) is 0 Å². The molecule has 11 heavy (non-hydrogen) atoms. The predicted octanol–water partition coefficient (Wildman–Crippen LogP) is 0.976. The fourth-order valence-electron chi connectivity index (χ4n) is 0.560. The van der Waals surface area contributed by atoms with Crippen molar-refractivity contribution in [2.75, 3.05) is 0 Å². The molecule has 6 heteroatoms. The molecule has 0 aromatic carbocycles. The summed E-state index contributed by atoms with van der Waals surface area (Å²) in [5.74, 6) is 0. The van der Waals surface area contributed by atoms with Gasteiger partial charge in [-0.15, -0.1) is 5.10 Å². The van der Waals surface area contributed by atoms with Crippen molar-refractivity contribution in [1.82, 2.24) is 15.2 Å². The lowest BCUT2D eigenvalue weighted by molar-refractivity contribution is -0.127. The van der Waals surface area contributed by atoms with Crippen LogP contribution in [0.2, 0.25) is 0 Å². The molecule has 1 aromatic rings. The largest absolute Gasteiger partial charge is 0.394 e. The van der Waals surface area contributed by atoms with E-state index >= 15 is 0 Å². The normalized spacial score (nSPS) is 11.5. The molecule has 60 valence electrons. The van der Waals surface area contributed by atoms with Crippen LogP contribution in [0, 0.1) is 0 Å². The second kappa shape index (κ2) is 2.81. The smallest absolute Gasteiger partial charge is 0.237 e. The quantitative estimate of drug-likeness (QED) is 0.619. The maximum atomic E-state index is 11.7. The van der Waals surface area contributed by atoms with Crippen LogP contribution in [0.5, 0.6) is 0 Å². The summed E-state index contributed by atoms with van der Waals surface area (Å²) >= 11 is 0. The van der Waals surface area contributed by atoms with Crippen LogP contribution in [0.4, 0.5) is 13.2 Å². The van der Waals surface area contributed by atoms with Gasteiger partial charge in [-0.25, -0.2) is 4.98 Å². The molecule has 1 heterocycles. The van der Waals surface area contributed by atoms with E-state index in [1.165, 1.54) is 0 Å². The van der Waals surface area contributed by atoms with Gasteiger partial charge in [-0.1, -0.05) is 0 Å². The number of hydrogen-bond donors (Lipinski definition) is 0. The third-order valence-corrected chi connectivity index (χ3v) is 0.930. The highest BCUT2D eigenvalue weighted by Crippen LogP contribution is 2.18. The van der Waals surface area contributed by atoms with E-state index in [2.05, 4.69) is 15.2 Å². The molecule has 0 aliphatic carbocycles. The Morgan fingerprint density at radius 1 is 1.27 bits per heavy atom. The van der Waals surface area contributed by atoms with Crippen molar-refractivity contribution in [3.8, 4) is 0 Å². The Bertz CT molecular complexity index is 220. The molecule has 0 unspecified atom stereocenters. The van der Waals surface area contributed by atoms with Crippen LogP contribution in [-0.4, -0.2) is 21.4 Å². The average Bonchev–Trinajstić information content (AvgIpc) is 1.85. The zero-order valence-electron chi connectivity index (χ0n) is 5.34. The van der Waals surface area contributed by atoms with Crippen LogP contribution in [0.3, 0.4) is 0 Å². The number of rotatable bonds is 1. The van der Waals surface area contributed by atoms with E-state index < -0.39 is 12.6 Å². The molecule has 0 aliphatic heterocycles. The number of aromatic nitrogens is 3. The maximum Gasteiger partial charge on any atom is 0.394 e. The molecule has 0 radical (unpaired) electrons. The van der Waals surface area contributed by atoms with E-state index in [1.54, 1.807) is 0 Å². The molecule has 1 rings (SSSR count). The van der Waals surface area contributed by atoms with E-state index in [0.717, 1.165) is 12.5 Å². The van der Waals surface area contributed by atoms with Gasteiger partial charge in [-0.2, -0.15) is 18.3 Å². The van der Waals surface area contributed by atoms with E-state index in [4.69, 9.17) is 0 Å². The Kier molecular flexibility index (Phi) is 2.02. The number of nitrogens with zero attached hydrogens (tertiary/aromatic N) is 3. The molecule has 0 spiro atoms. The summed E-state index contributed by atoms with van der Waals surface area (Å²) in [6, 6.07) is 0. The summed E-state index contributed by atoms with van der Waals surface area (Å²) in [5.41, 5.74) is -0.118. The number of alkyl halides is 3. The first-order chi connectivity index (χ1) is 5.08. The zero-order chi connectivity index (χ0) is 8.32. The summed E-state index contributed by atoms with van der Waals surface area (Å²) in [6.07, 6.45) is -3.30. The summed E-state index contributed by atoms with van der Waals surface area (Å²) in [4.78, 5) is 3.37. The molecule has 1 aromatic heterocycles. The second-order valence-electron chi connectivity index (χ2n) is 1.89. The molecule has 0 aliphatic rings. The molecule has 0 saturated carbocycles. The van der Waals surface area contributed by atoms with Gasteiger partial charge in [0.15, 0.2) is 0 Å². The first-order valence-corrected chi connectivity index (χ1v) is 2.76. The van der Waals surface area contributed by atoms with Crippen LogP contribution in [0.25, 0.3) is 0 Å². The maximum absolute atomic E-state index is 11.7. The minimum absolute atomic E-state index is 0.118. The topological polar surface area (TPSA) is 38.7 Å². The molecule has 0 N–H and O–H groups in total. The zero-order valence-corrected chi connectivity index (χ0v) is 5.34. The molecular weight excluding hydrogens is 159 g/mol. The highest BCUT2D eigenvalue weighted by atomic mass is 19.4. The van der Waals surface area contributed by atoms with E-state index in [0.29, 0.717) is 0 Å². The van der Waals surface area contributed by atoms with Gasteiger partial charge in [0.2, 0.25) is 0 Å². The van der Waals surface area contributed by atoms with Gasteiger partial charge >= 0.3 is 6.18 Å². The van der Waals surface area contributed by atoms with Crippen molar-refractivity contribution in [3.05, 3.63) is 18.2 Å². The molecule has 0 bridgehead atoms. The van der Waals surface area contributed by atoms with Crippen molar-refractivity contribution in [2.45, 2.75) is 12.6 Å².